The molecule has 1 saturated carbocycles. The molecule has 5 nitrogen and oxygen atoms in total. The largest absolute Gasteiger partial charge is 0.480 e. The highest BCUT2D eigenvalue weighted by molar-refractivity contribution is 5.79. The molecule has 114 valence electrons. The van der Waals surface area contributed by atoms with Gasteiger partial charge in [0.25, 0.3) is 0 Å². The van der Waals surface area contributed by atoms with Crippen molar-refractivity contribution in [2.45, 2.75) is 31.5 Å². The molecule has 0 amide bonds. The quantitative estimate of drug-likeness (QED) is 0.907. The number of aromatic nitrogens is 2. The summed E-state index contributed by atoms with van der Waals surface area (Å²) >= 11 is 0. The van der Waals surface area contributed by atoms with E-state index >= 15 is 0 Å². The Labute approximate surface area is 118 Å². The van der Waals surface area contributed by atoms with Gasteiger partial charge in [0.2, 0.25) is 0 Å². The fraction of sp³-hybridized carbons (Fsp3) is 0.615. The predicted molar refractivity (Wildman–Crippen MR) is 66.6 cm³/mol. The van der Waals surface area contributed by atoms with Crippen molar-refractivity contribution in [3.63, 3.8) is 0 Å². The Bertz CT molecular complexity index is 547. The van der Waals surface area contributed by atoms with Crippen LogP contribution < -0.4 is 4.90 Å². The third kappa shape index (κ3) is 2.43. The number of carbonyl (C=O) groups is 1. The molecule has 1 aliphatic carbocycles. The van der Waals surface area contributed by atoms with Crippen LogP contribution in [0.5, 0.6) is 0 Å². The average molecular weight is 301 g/mol. The van der Waals surface area contributed by atoms with E-state index in [1.54, 1.807) is 4.90 Å². The summed E-state index contributed by atoms with van der Waals surface area (Å²) in [5.74, 6) is -0.433. The summed E-state index contributed by atoms with van der Waals surface area (Å²) in [6.07, 6.45) is -1.74. The molecule has 3 rings (SSSR count). The van der Waals surface area contributed by atoms with E-state index in [1.807, 2.05) is 0 Å². The van der Waals surface area contributed by atoms with Crippen LogP contribution in [0.15, 0.2) is 12.1 Å². The lowest BCUT2D eigenvalue weighted by molar-refractivity contribution is -0.142. The minimum Gasteiger partial charge on any atom is -0.480 e. The second-order valence-electron chi connectivity index (χ2n) is 5.56. The average Bonchev–Trinajstić information content (AvgIpc) is 2.96. The number of hydrogen-bond acceptors (Lipinski definition) is 4. The van der Waals surface area contributed by atoms with Gasteiger partial charge in [0.15, 0.2) is 11.5 Å². The predicted octanol–water partition coefficient (Wildman–Crippen LogP) is 2.18. The number of carboxylic acids is 1. The lowest BCUT2D eigenvalue weighted by atomic mass is 9.94. The third-order valence-electron chi connectivity index (χ3n) is 4.38. The van der Waals surface area contributed by atoms with Gasteiger partial charge in [-0.25, -0.2) is 4.79 Å². The molecule has 3 atom stereocenters. The van der Waals surface area contributed by atoms with E-state index in [4.69, 9.17) is 0 Å². The van der Waals surface area contributed by atoms with Crippen molar-refractivity contribution in [3.8, 4) is 0 Å². The zero-order chi connectivity index (χ0) is 15.2. The van der Waals surface area contributed by atoms with Crippen molar-refractivity contribution >= 4 is 11.8 Å². The maximum atomic E-state index is 12.5. The summed E-state index contributed by atoms with van der Waals surface area (Å²) in [6, 6.07) is 1.32. The third-order valence-corrected chi connectivity index (χ3v) is 4.38. The molecule has 1 N–H and O–H groups in total. The van der Waals surface area contributed by atoms with E-state index < -0.39 is 23.9 Å². The van der Waals surface area contributed by atoms with Crippen LogP contribution in [-0.4, -0.2) is 33.9 Å². The number of rotatable bonds is 2. The van der Waals surface area contributed by atoms with Gasteiger partial charge in [-0.05, 0) is 36.8 Å². The Morgan fingerprint density at radius 2 is 2.05 bits per heavy atom. The highest BCUT2D eigenvalue weighted by atomic mass is 19.4. The Hall–Kier alpha value is -1.86. The molecule has 0 radical (unpaired) electrons. The molecule has 1 aromatic heterocycles. The highest BCUT2D eigenvalue weighted by Crippen LogP contribution is 2.43. The summed E-state index contributed by atoms with van der Waals surface area (Å²) in [5.41, 5.74) is -1.07. The van der Waals surface area contributed by atoms with Gasteiger partial charge in [0.1, 0.15) is 6.04 Å². The van der Waals surface area contributed by atoms with E-state index in [2.05, 4.69) is 10.2 Å². The van der Waals surface area contributed by atoms with Gasteiger partial charge in [-0.15, -0.1) is 10.2 Å². The number of aliphatic carboxylic acids is 1. The van der Waals surface area contributed by atoms with Crippen molar-refractivity contribution in [2.24, 2.45) is 11.8 Å². The maximum absolute atomic E-state index is 12.5. The van der Waals surface area contributed by atoms with Crippen molar-refractivity contribution in [1.82, 2.24) is 10.2 Å². The lowest BCUT2D eigenvalue weighted by Gasteiger charge is -2.24. The van der Waals surface area contributed by atoms with Crippen LogP contribution in [-0.2, 0) is 11.0 Å². The summed E-state index contributed by atoms with van der Waals surface area (Å²) in [6.45, 7) is 0.516. The highest BCUT2D eigenvalue weighted by Gasteiger charge is 2.48. The molecule has 0 bridgehead atoms. The standard InChI is InChI=1S/C13H14F3N3O2/c14-13(15,16)9-4-5-10(18-17-9)19-6-7-2-1-3-8(7)11(19)12(20)21/h4-5,7-8,11H,1-3,6H2,(H,20,21). The molecule has 8 heteroatoms. The molecule has 1 aromatic rings. The van der Waals surface area contributed by atoms with Gasteiger partial charge in [-0.2, -0.15) is 13.2 Å². The minimum absolute atomic E-state index is 0.0478. The minimum atomic E-state index is -4.54. The Morgan fingerprint density at radius 1 is 1.29 bits per heavy atom. The van der Waals surface area contributed by atoms with E-state index in [-0.39, 0.29) is 17.7 Å². The van der Waals surface area contributed by atoms with Crippen molar-refractivity contribution in [2.75, 3.05) is 11.4 Å². The number of anilines is 1. The Morgan fingerprint density at radius 3 is 2.62 bits per heavy atom. The number of halogens is 3. The monoisotopic (exact) mass is 301 g/mol. The van der Waals surface area contributed by atoms with Crippen LogP contribution in [0.3, 0.4) is 0 Å². The van der Waals surface area contributed by atoms with Crippen molar-refractivity contribution in [1.29, 1.82) is 0 Å². The van der Waals surface area contributed by atoms with Crippen LogP contribution in [0.4, 0.5) is 19.0 Å². The molecule has 3 unspecified atom stereocenters. The number of hydrogen-bond donors (Lipinski definition) is 1. The number of alkyl halides is 3. The molecular weight excluding hydrogens is 287 g/mol. The van der Waals surface area contributed by atoms with Crippen molar-refractivity contribution < 1.29 is 23.1 Å². The van der Waals surface area contributed by atoms with Gasteiger partial charge >= 0.3 is 12.1 Å². The van der Waals surface area contributed by atoms with Gasteiger partial charge in [0, 0.05) is 6.54 Å². The first-order valence-corrected chi connectivity index (χ1v) is 6.78. The zero-order valence-electron chi connectivity index (χ0n) is 11.0. The molecule has 0 spiro atoms. The fourth-order valence-corrected chi connectivity index (χ4v) is 3.49. The fourth-order valence-electron chi connectivity index (χ4n) is 3.49. The van der Waals surface area contributed by atoms with Crippen LogP contribution in [0.1, 0.15) is 25.0 Å². The lowest BCUT2D eigenvalue weighted by Crippen LogP contribution is -2.40. The Balaban J connectivity index is 1.87. The smallest absolute Gasteiger partial charge is 0.435 e. The number of nitrogens with zero attached hydrogens (tertiary/aromatic N) is 3. The molecule has 1 aliphatic heterocycles. The summed E-state index contributed by atoms with van der Waals surface area (Å²) < 4.78 is 37.4. The maximum Gasteiger partial charge on any atom is 0.435 e. The second kappa shape index (κ2) is 4.85. The summed E-state index contributed by atoms with van der Waals surface area (Å²) in [5, 5.41) is 16.2. The molecule has 2 heterocycles. The van der Waals surface area contributed by atoms with Crippen LogP contribution in [0.2, 0.25) is 0 Å². The zero-order valence-corrected chi connectivity index (χ0v) is 11.0. The van der Waals surface area contributed by atoms with E-state index in [9.17, 15) is 23.1 Å². The van der Waals surface area contributed by atoms with E-state index in [0.29, 0.717) is 6.54 Å². The molecule has 1 saturated heterocycles. The van der Waals surface area contributed by atoms with Crippen LogP contribution in [0.25, 0.3) is 0 Å². The molecule has 2 fully saturated rings. The number of fused-ring (bicyclic) bond motifs is 1. The van der Waals surface area contributed by atoms with Crippen LogP contribution >= 0.6 is 0 Å². The van der Waals surface area contributed by atoms with Gasteiger partial charge in [-0.3, -0.25) is 0 Å². The second-order valence-corrected chi connectivity index (χ2v) is 5.56. The first-order valence-electron chi connectivity index (χ1n) is 6.78. The van der Waals surface area contributed by atoms with Gasteiger partial charge in [-0.1, -0.05) is 6.42 Å². The normalized spacial score (nSPS) is 28.7. The molecule has 21 heavy (non-hydrogen) atoms. The van der Waals surface area contributed by atoms with Gasteiger partial charge < -0.3 is 10.0 Å². The summed E-state index contributed by atoms with van der Waals surface area (Å²) in [7, 11) is 0. The summed E-state index contributed by atoms with van der Waals surface area (Å²) in [4.78, 5) is 13.1. The topological polar surface area (TPSA) is 66.3 Å². The van der Waals surface area contributed by atoms with E-state index in [1.165, 1.54) is 6.07 Å². The molecular formula is C13H14F3N3O2. The Kier molecular flexibility index (Phi) is 3.26. The molecule has 2 aliphatic rings. The molecule has 0 aromatic carbocycles. The van der Waals surface area contributed by atoms with Gasteiger partial charge in [0.05, 0.1) is 0 Å². The van der Waals surface area contributed by atoms with Crippen molar-refractivity contribution in [3.05, 3.63) is 17.8 Å². The first-order chi connectivity index (χ1) is 9.88. The SMILES string of the molecule is O=C(O)C1C2CCCC2CN1c1ccc(C(F)(F)F)nn1. The van der Waals surface area contributed by atoms with Crippen LogP contribution in [0, 0.1) is 11.8 Å². The first kappa shape index (κ1) is 14.1. The number of carboxylic acid groups (broad SMARTS) is 1. The van der Waals surface area contributed by atoms with E-state index in [0.717, 1.165) is 25.3 Å².